The molecule has 0 aliphatic heterocycles. The van der Waals surface area contributed by atoms with Gasteiger partial charge in [0, 0.05) is 0 Å². The van der Waals surface area contributed by atoms with Gasteiger partial charge in [0.1, 0.15) is 5.41 Å². The molecule has 3 rings (SSSR count). The van der Waals surface area contributed by atoms with Crippen LogP contribution in [0.15, 0.2) is 0 Å². The van der Waals surface area contributed by atoms with Crippen molar-refractivity contribution in [2.45, 2.75) is 24.3 Å². The number of hydrogen-bond acceptors (Lipinski definition) is 2. The highest BCUT2D eigenvalue weighted by Gasteiger charge is 2.88. The van der Waals surface area contributed by atoms with E-state index in [4.69, 9.17) is 11.0 Å². The topological polar surface area (TPSA) is 49.8 Å². The summed E-state index contributed by atoms with van der Waals surface area (Å²) in [6, 6.07) is 1.63. The second-order valence-electron chi connectivity index (χ2n) is 3.28. The van der Waals surface area contributed by atoms with Crippen molar-refractivity contribution in [3.8, 4) is 6.07 Å². The van der Waals surface area contributed by atoms with Crippen LogP contribution in [0.5, 0.6) is 0 Å². The summed E-state index contributed by atoms with van der Waals surface area (Å²) in [5.41, 5.74) is 2.51. The molecule has 0 spiro atoms. The molecule has 3 aliphatic rings. The predicted octanol–water partition coefficient (Wildman–Crippen LogP) is 1.06. The van der Waals surface area contributed by atoms with Gasteiger partial charge in [0.05, 0.1) is 11.6 Å². The number of nitrogens with zero attached hydrogens (tertiary/aromatic N) is 1. The summed E-state index contributed by atoms with van der Waals surface area (Å²) in [6.07, 6.45) is 0.340. The predicted molar refractivity (Wildman–Crippen MR) is 36.4 cm³/mol. The second-order valence-corrected chi connectivity index (χ2v) is 3.28. The Bertz CT molecular complexity index is 239. The van der Waals surface area contributed by atoms with Crippen molar-refractivity contribution in [2.24, 2.45) is 11.1 Å². The van der Waals surface area contributed by atoms with Crippen LogP contribution in [-0.2, 0) is 0 Å². The monoisotopic (exact) mass is 180 g/mol. The Morgan fingerprint density at radius 1 is 1.36 bits per heavy atom. The minimum absolute atomic E-state index is 0. The smallest absolute Gasteiger partial charge is 0.284 e. The van der Waals surface area contributed by atoms with E-state index in [0.717, 1.165) is 0 Å². The van der Waals surface area contributed by atoms with E-state index < -0.39 is 16.9 Å². The third-order valence-corrected chi connectivity index (χ3v) is 2.67. The molecule has 0 aromatic carbocycles. The lowest BCUT2D eigenvalue weighted by Crippen LogP contribution is -2.87. The minimum atomic E-state index is -2.92. The summed E-state index contributed by atoms with van der Waals surface area (Å²) < 4.78 is 25.3. The van der Waals surface area contributed by atoms with Gasteiger partial charge in [0.2, 0.25) is 0 Å². The molecule has 3 fully saturated rings. The van der Waals surface area contributed by atoms with E-state index in [9.17, 15) is 8.78 Å². The van der Waals surface area contributed by atoms with E-state index >= 15 is 0 Å². The fourth-order valence-corrected chi connectivity index (χ4v) is 1.88. The number of hydrogen-bond donors (Lipinski definition) is 1. The van der Waals surface area contributed by atoms with Gasteiger partial charge < -0.3 is 5.73 Å². The normalized spacial score (nSPS) is 49.3. The van der Waals surface area contributed by atoms with Crippen LogP contribution in [0.3, 0.4) is 0 Å². The first-order valence-electron chi connectivity index (χ1n) is 3.05. The van der Waals surface area contributed by atoms with E-state index in [1.807, 2.05) is 0 Å². The van der Waals surface area contributed by atoms with Gasteiger partial charge in [0.15, 0.2) is 0 Å². The maximum atomic E-state index is 12.7. The average Bonchev–Trinajstić information content (AvgIpc) is 1.82. The lowest BCUT2D eigenvalue weighted by atomic mass is 9.37. The van der Waals surface area contributed by atoms with Crippen molar-refractivity contribution >= 4 is 12.4 Å². The van der Waals surface area contributed by atoms with Gasteiger partial charge in [-0.2, -0.15) is 5.26 Å². The van der Waals surface area contributed by atoms with Crippen LogP contribution in [0, 0.1) is 16.7 Å². The Morgan fingerprint density at radius 3 is 1.91 bits per heavy atom. The molecular formula is C6H7ClF2N2. The van der Waals surface area contributed by atoms with E-state index in [1.165, 1.54) is 0 Å². The van der Waals surface area contributed by atoms with E-state index in [-0.39, 0.29) is 25.2 Å². The van der Waals surface area contributed by atoms with Crippen molar-refractivity contribution in [3.63, 3.8) is 0 Å². The van der Waals surface area contributed by atoms with Gasteiger partial charge in [-0.25, -0.2) is 8.78 Å². The first kappa shape index (κ1) is 8.69. The number of alkyl halides is 2. The van der Waals surface area contributed by atoms with Crippen molar-refractivity contribution in [3.05, 3.63) is 0 Å². The maximum Gasteiger partial charge on any atom is 0.284 e. The molecule has 0 saturated heterocycles. The SMILES string of the molecule is Cl.N#CC12CC(N)(C1)C2(F)F. The molecule has 2 nitrogen and oxygen atoms in total. The van der Waals surface area contributed by atoms with E-state index in [2.05, 4.69) is 0 Å². The number of rotatable bonds is 0. The van der Waals surface area contributed by atoms with Crippen LogP contribution >= 0.6 is 12.4 Å². The summed E-state index contributed by atoms with van der Waals surface area (Å²) >= 11 is 0. The molecular weight excluding hydrogens is 174 g/mol. The third-order valence-electron chi connectivity index (χ3n) is 2.67. The van der Waals surface area contributed by atoms with E-state index in [1.54, 1.807) is 6.07 Å². The van der Waals surface area contributed by atoms with Gasteiger partial charge in [-0.3, -0.25) is 0 Å². The van der Waals surface area contributed by atoms with Crippen molar-refractivity contribution in [1.29, 1.82) is 5.26 Å². The van der Waals surface area contributed by atoms with Crippen molar-refractivity contribution in [2.75, 3.05) is 0 Å². The van der Waals surface area contributed by atoms with Gasteiger partial charge in [-0.05, 0) is 12.8 Å². The van der Waals surface area contributed by atoms with Gasteiger partial charge in [-0.15, -0.1) is 12.4 Å². The van der Waals surface area contributed by atoms with Crippen molar-refractivity contribution < 1.29 is 8.78 Å². The van der Waals surface area contributed by atoms with Gasteiger partial charge in [0.25, 0.3) is 5.92 Å². The lowest BCUT2D eigenvalue weighted by molar-refractivity contribution is -0.334. The quantitative estimate of drug-likeness (QED) is 0.606. The summed E-state index contributed by atoms with van der Waals surface area (Å²) in [7, 11) is 0. The summed E-state index contributed by atoms with van der Waals surface area (Å²) in [5, 5.41) is 8.35. The number of halogens is 3. The molecule has 0 atom stereocenters. The number of nitriles is 1. The standard InChI is InChI=1S/C6H6F2N2.ClH/c7-6(8)4(3-9)1-5(6,10)2-4;/h1-2,10H2;1H. The van der Waals surface area contributed by atoms with Gasteiger partial charge >= 0.3 is 0 Å². The highest BCUT2D eigenvalue weighted by molar-refractivity contribution is 5.85. The fraction of sp³-hybridized carbons (Fsp3) is 0.833. The van der Waals surface area contributed by atoms with E-state index in [0.29, 0.717) is 0 Å². The molecule has 5 heteroatoms. The largest absolute Gasteiger partial charge is 0.320 e. The first-order valence-corrected chi connectivity index (χ1v) is 3.05. The van der Waals surface area contributed by atoms with Crippen LogP contribution in [0.1, 0.15) is 12.8 Å². The molecule has 0 aromatic rings. The molecule has 0 radical (unpaired) electrons. The minimum Gasteiger partial charge on any atom is -0.320 e. The van der Waals surface area contributed by atoms with Crippen LogP contribution in [-0.4, -0.2) is 11.5 Å². The van der Waals surface area contributed by atoms with Crippen molar-refractivity contribution in [1.82, 2.24) is 0 Å². The average molecular weight is 181 g/mol. The molecule has 0 unspecified atom stereocenters. The highest BCUT2D eigenvalue weighted by Crippen LogP contribution is 2.74. The summed E-state index contributed by atoms with van der Waals surface area (Å²) in [6.45, 7) is 0. The molecule has 11 heavy (non-hydrogen) atoms. The summed E-state index contributed by atoms with van der Waals surface area (Å²) in [5.74, 6) is -2.92. The van der Waals surface area contributed by atoms with Crippen LogP contribution in [0.2, 0.25) is 0 Å². The number of nitrogens with two attached hydrogens (primary N) is 1. The maximum absolute atomic E-state index is 12.7. The Kier molecular flexibility index (Phi) is 1.32. The Hall–Kier alpha value is -0.400. The molecule has 2 bridgehead atoms. The molecule has 3 aliphatic carbocycles. The molecule has 0 heterocycles. The summed E-state index contributed by atoms with van der Waals surface area (Å²) in [4.78, 5) is 0. The fourth-order valence-electron chi connectivity index (χ4n) is 1.88. The Balaban J connectivity index is 0.000000605. The Labute approximate surface area is 68.8 Å². The van der Waals surface area contributed by atoms with Crippen LogP contribution in [0.25, 0.3) is 0 Å². The third kappa shape index (κ3) is 0.522. The molecule has 3 saturated carbocycles. The van der Waals surface area contributed by atoms with Gasteiger partial charge in [-0.1, -0.05) is 0 Å². The molecule has 0 amide bonds. The molecule has 0 aromatic heterocycles. The zero-order valence-corrected chi connectivity index (χ0v) is 6.42. The molecule has 2 N–H and O–H groups in total. The van der Waals surface area contributed by atoms with Crippen LogP contribution in [0.4, 0.5) is 8.78 Å². The highest BCUT2D eigenvalue weighted by atomic mass is 35.5. The first-order chi connectivity index (χ1) is 4.47. The second kappa shape index (κ2) is 1.67. The lowest BCUT2D eigenvalue weighted by Gasteiger charge is -2.70. The zero-order chi connectivity index (χ0) is 7.62. The van der Waals surface area contributed by atoms with Crippen LogP contribution < -0.4 is 5.73 Å². The molecule has 62 valence electrons. The Morgan fingerprint density at radius 2 is 1.82 bits per heavy atom. The zero-order valence-electron chi connectivity index (χ0n) is 5.60.